The summed E-state index contributed by atoms with van der Waals surface area (Å²) in [5.74, 6) is 0.570. The van der Waals surface area contributed by atoms with Gasteiger partial charge in [-0.2, -0.15) is 0 Å². The molecule has 0 atom stereocenters. The number of amides is 1. The number of ether oxygens (including phenoxy) is 1. The number of nitrogens with one attached hydrogen (secondary N) is 2. The van der Waals surface area contributed by atoms with Gasteiger partial charge in [-0.3, -0.25) is 9.69 Å². The molecule has 1 heterocycles. The minimum atomic E-state index is -0.0431. The summed E-state index contributed by atoms with van der Waals surface area (Å²) >= 11 is 5.96. The summed E-state index contributed by atoms with van der Waals surface area (Å²) in [6, 6.07) is 5.75. The van der Waals surface area contributed by atoms with Crippen LogP contribution in [0.5, 0.6) is 5.75 Å². The molecule has 22 heavy (non-hydrogen) atoms. The fraction of sp³-hybridized carbons (Fsp3) is 0.533. The standard InChI is InChI=1S/C15H22ClN3O2.ClH/c1-17-12-5-7-19(8-6-12)10-15(20)18-13-9-11(16)3-4-14(13)21-2;/h3-4,9,12,17H,5-8,10H2,1-2H3,(H,18,20);1H. The molecule has 124 valence electrons. The number of methoxy groups -OCH3 is 1. The molecular formula is C15H23Cl2N3O2. The molecule has 2 rings (SSSR count). The minimum absolute atomic E-state index is 0. The van der Waals surface area contributed by atoms with Gasteiger partial charge in [-0.1, -0.05) is 11.6 Å². The molecule has 1 aromatic carbocycles. The van der Waals surface area contributed by atoms with E-state index in [1.807, 2.05) is 7.05 Å². The van der Waals surface area contributed by atoms with E-state index in [-0.39, 0.29) is 18.3 Å². The van der Waals surface area contributed by atoms with E-state index in [0.717, 1.165) is 25.9 Å². The van der Waals surface area contributed by atoms with Crippen LogP contribution in [-0.2, 0) is 4.79 Å². The van der Waals surface area contributed by atoms with Gasteiger partial charge in [0.15, 0.2) is 0 Å². The van der Waals surface area contributed by atoms with Gasteiger partial charge in [-0.05, 0) is 38.1 Å². The Labute approximate surface area is 142 Å². The van der Waals surface area contributed by atoms with Crippen molar-refractivity contribution in [1.82, 2.24) is 10.2 Å². The van der Waals surface area contributed by atoms with Crippen molar-refractivity contribution in [2.24, 2.45) is 0 Å². The molecule has 1 saturated heterocycles. The first-order chi connectivity index (χ1) is 10.1. The second-order valence-electron chi connectivity index (χ2n) is 5.23. The van der Waals surface area contributed by atoms with Gasteiger partial charge in [0.1, 0.15) is 5.75 Å². The molecule has 1 aliphatic rings. The van der Waals surface area contributed by atoms with E-state index < -0.39 is 0 Å². The molecule has 0 bridgehead atoms. The lowest BCUT2D eigenvalue weighted by molar-refractivity contribution is -0.117. The first-order valence-corrected chi connectivity index (χ1v) is 7.53. The van der Waals surface area contributed by atoms with Crippen LogP contribution in [0.3, 0.4) is 0 Å². The molecule has 0 saturated carbocycles. The summed E-state index contributed by atoms with van der Waals surface area (Å²) < 4.78 is 5.22. The van der Waals surface area contributed by atoms with Crippen LogP contribution in [0.2, 0.25) is 5.02 Å². The smallest absolute Gasteiger partial charge is 0.238 e. The van der Waals surface area contributed by atoms with E-state index in [9.17, 15) is 4.79 Å². The number of nitrogens with zero attached hydrogens (tertiary/aromatic N) is 1. The number of benzene rings is 1. The molecule has 1 amide bonds. The van der Waals surface area contributed by atoms with Crippen molar-refractivity contribution in [3.63, 3.8) is 0 Å². The SMILES string of the molecule is CNC1CCN(CC(=O)Nc2cc(Cl)ccc2OC)CC1.Cl. The van der Waals surface area contributed by atoms with Gasteiger partial charge in [0.05, 0.1) is 19.3 Å². The maximum Gasteiger partial charge on any atom is 0.238 e. The van der Waals surface area contributed by atoms with Crippen molar-refractivity contribution < 1.29 is 9.53 Å². The van der Waals surface area contributed by atoms with Crippen LogP contribution in [0, 0.1) is 0 Å². The maximum atomic E-state index is 12.1. The first-order valence-electron chi connectivity index (χ1n) is 7.15. The summed E-state index contributed by atoms with van der Waals surface area (Å²) in [7, 11) is 3.56. The number of halogens is 2. The molecule has 0 aliphatic carbocycles. The number of likely N-dealkylation sites (tertiary alicyclic amines) is 1. The fourth-order valence-electron chi connectivity index (χ4n) is 2.55. The molecule has 0 radical (unpaired) electrons. The Hall–Kier alpha value is -1.01. The summed E-state index contributed by atoms with van der Waals surface area (Å²) in [6.45, 7) is 2.27. The zero-order chi connectivity index (χ0) is 15.2. The molecule has 5 nitrogen and oxygen atoms in total. The van der Waals surface area contributed by atoms with Crippen LogP contribution in [-0.4, -0.2) is 50.6 Å². The van der Waals surface area contributed by atoms with Crippen LogP contribution >= 0.6 is 24.0 Å². The number of hydrogen-bond acceptors (Lipinski definition) is 4. The lowest BCUT2D eigenvalue weighted by Crippen LogP contribution is -2.44. The normalized spacial score (nSPS) is 16.0. The topological polar surface area (TPSA) is 53.6 Å². The predicted molar refractivity (Wildman–Crippen MR) is 92.4 cm³/mol. The van der Waals surface area contributed by atoms with Crippen molar-refractivity contribution >= 4 is 35.6 Å². The number of hydrogen-bond donors (Lipinski definition) is 2. The Kier molecular flexibility index (Phi) is 7.96. The number of carbonyl (C=O) groups is 1. The van der Waals surface area contributed by atoms with Gasteiger partial charge in [0.25, 0.3) is 0 Å². The zero-order valence-electron chi connectivity index (χ0n) is 12.9. The van der Waals surface area contributed by atoms with Crippen LogP contribution in [0.25, 0.3) is 0 Å². The molecule has 1 fully saturated rings. The third-order valence-electron chi connectivity index (χ3n) is 3.80. The molecule has 1 aliphatic heterocycles. The van der Waals surface area contributed by atoms with Gasteiger partial charge in [0.2, 0.25) is 5.91 Å². The van der Waals surface area contributed by atoms with Gasteiger partial charge in [-0.15, -0.1) is 12.4 Å². The summed E-state index contributed by atoms with van der Waals surface area (Å²) in [4.78, 5) is 14.3. The summed E-state index contributed by atoms with van der Waals surface area (Å²) in [6.07, 6.45) is 2.15. The molecular weight excluding hydrogens is 325 g/mol. The Morgan fingerprint density at radius 3 is 2.68 bits per heavy atom. The fourth-order valence-corrected chi connectivity index (χ4v) is 2.72. The van der Waals surface area contributed by atoms with Gasteiger partial charge < -0.3 is 15.4 Å². The van der Waals surface area contributed by atoms with Crippen molar-refractivity contribution in [1.29, 1.82) is 0 Å². The Bertz CT molecular complexity index is 492. The summed E-state index contributed by atoms with van der Waals surface area (Å²) in [5.41, 5.74) is 0.611. The molecule has 1 aromatic rings. The lowest BCUT2D eigenvalue weighted by atomic mass is 10.1. The van der Waals surface area contributed by atoms with Crippen molar-refractivity contribution in [3.05, 3.63) is 23.2 Å². The van der Waals surface area contributed by atoms with Gasteiger partial charge in [0, 0.05) is 24.2 Å². The van der Waals surface area contributed by atoms with Gasteiger partial charge in [-0.25, -0.2) is 0 Å². The number of carbonyl (C=O) groups excluding carboxylic acids is 1. The van der Waals surface area contributed by atoms with Crippen molar-refractivity contribution in [2.75, 3.05) is 39.1 Å². The first kappa shape index (κ1) is 19.0. The second-order valence-corrected chi connectivity index (χ2v) is 5.67. The highest BCUT2D eigenvalue weighted by atomic mass is 35.5. The molecule has 0 spiro atoms. The summed E-state index contributed by atoms with van der Waals surface area (Å²) in [5, 5.41) is 6.72. The minimum Gasteiger partial charge on any atom is -0.495 e. The molecule has 2 N–H and O–H groups in total. The van der Waals surface area contributed by atoms with E-state index >= 15 is 0 Å². The molecule has 0 unspecified atom stereocenters. The van der Waals surface area contributed by atoms with E-state index in [4.69, 9.17) is 16.3 Å². The Balaban J connectivity index is 0.00000242. The lowest BCUT2D eigenvalue weighted by Gasteiger charge is -2.31. The van der Waals surface area contributed by atoms with Gasteiger partial charge >= 0.3 is 0 Å². The zero-order valence-corrected chi connectivity index (χ0v) is 14.5. The van der Waals surface area contributed by atoms with Crippen molar-refractivity contribution in [3.8, 4) is 5.75 Å². The Morgan fingerprint density at radius 1 is 1.41 bits per heavy atom. The average molecular weight is 348 g/mol. The quantitative estimate of drug-likeness (QED) is 0.858. The highest BCUT2D eigenvalue weighted by Crippen LogP contribution is 2.27. The number of anilines is 1. The molecule has 0 aromatic heterocycles. The van der Waals surface area contributed by atoms with E-state index in [2.05, 4.69) is 15.5 Å². The monoisotopic (exact) mass is 347 g/mol. The predicted octanol–water partition coefficient (Wildman–Crippen LogP) is 2.39. The Morgan fingerprint density at radius 2 is 2.09 bits per heavy atom. The van der Waals surface area contributed by atoms with Crippen LogP contribution in [0.4, 0.5) is 5.69 Å². The highest BCUT2D eigenvalue weighted by Gasteiger charge is 2.20. The highest BCUT2D eigenvalue weighted by molar-refractivity contribution is 6.31. The number of rotatable bonds is 5. The van der Waals surface area contributed by atoms with Crippen LogP contribution < -0.4 is 15.4 Å². The second kappa shape index (κ2) is 9.20. The molecule has 7 heteroatoms. The third kappa shape index (κ3) is 5.32. The van der Waals surface area contributed by atoms with E-state index in [0.29, 0.717) is 29.0 Å². The van der Waals surface area contributed by atoms with Crippen LogP contribution in [0.15, 0.2) is 18.2 Å². The average Bonchev–Trinajstić information content (AvgIpc) is 2.48. The van der Waals surface area contributed by atoms with Crippen molar-refractivity contribution in [2.45, 2.75) is 18.9 Å². The van der Waals surface area contributed by atoms with Crippen LogP contribution in [0.1, 0.15) is 12.8 Å². The third-order valence-corrected chi connectivity index (χ3v) is 4.03. The maximum absolute atomic E-state index is 12.1. The van der Waals surface area contributed by atoms with E-state index in [1.54, 1.807) is 25.3 Å². The van der Waals surface area contributed by atoms with E-state index in [1.165, 1.54) is 0 Å². The number of piperidine rings is 1. The largest absolute Gasteiger partial charge is 0.495 e.